The van der Waals surface area contributed by atoms with E-state index < -0.39 is 0 Å². The third kappa shape index (κ3) is 5.65. The molecule has 0 aromatic heterocycles. The molecule has 0 saturated carbocycles. The monoisotopic (exact) mass is 392 g/mol. The van der Waals surface area contributed by atoms with Gasteiger partial charge in [0.2, 0.25) is 0 Å². The number of benzene rings is 3. The summed E-state index contributed by atoms with van der Waals surface area (Å²) < 4.78 is 18.7. The molecule has 0 aliphatic rings. The summed E-state index contributed by atoms with van der Waals surface area (Å²) in [5.74, 6) is -0.177. The lowest BCUT2D eigenvalue weighted by molar-refractivity contribution is 0.0948. The fourth-order valence-corrected chi connectivity index (χ4v) is 2.73. The third-order valence-corrected chi connectivity index (χ3v) is 4.28. The molecule has 0 fully saturated rings. The van der Waals surface area contributed by atoms with Crippen LogP contribution < -0.4 is 15.4 Å². The Kier molecular flexibility index (Phi) is 6.58. The smallest absolute Gasteiger partial charge is 0.251 e. The van der Waals surface area contributed by atoms with Crippen molar-refractivity contribution in [2.45, 2.75) is 13.2 Å². The second-order valence-corrected chi connectivity index (χ2v) is 6.41. The fourth-order valence-electron chi connectivity index (χ4n) is 2.73. The van der Waals surface area contributed by atoms with Crippen LogP contribution in [0.5, 0.6) is 5.75 Å². The van der Waals surface area contributed by atoms with Crippen molar-refractivity contribution in [3.8, 4) is 5.75 Å². The van der Waals surface area contributed by atoms with Crippen LogP contribution in [0.4, 0.5) is 4.39 Å². The Balaban J connectivity index is 1.59. The van der Waals surface area contributed by atoms with Crippen LogP contribution in [-0.4, -0.2) is 18.9 Å². The van der Waals surface area contributed by atoms with Gasteiger partial charge < -0.3 is 15.4 Å². The molecule has 3 rings (SSSR count). The SMILES string of the molecule is CNC(=O)c1cccc(CNC(=O)c2cccc(OCc3ccc(F)cc3)c2)c1. The minimum absolute atomic E-state index is 0.177. The van der Waals surface area contributed by atoms with E-state index in [9.17, 15) is 14.0 Å². The van der Waals surface area contributed by atoms with E-state index in [2.05, 4.69) is 10.6 Å². The quantitative estimate of drug-likeness (QED) is 0.644. The average molecular weight is 392 g/mol. The van der Waals surface area contributed by atoms with Crippen molar-refractivity contribution in [3.05, 3.63) is 101 Å². The highest BCUT2D eigenvalue weighted by atomic mass is 19.1. The summed E-state index contributed by atoms with van der Waals surface area (Å²) in [4.78, 5) is 24.2. The van der Waals surface area contributed by atoms with Gasteiger partial charge in [0.25, 0.3) is 11.8 Å². The minimum Gasteiger partial charge on any atom is -0.489 e. The Hall–Kier alpha value is -3.67. The topological polar surface area (TPSA) is 67.4 Å². The van der Waals surface area contributed by atoms with Gasteiger partial charge in [0, 0.05) is 24.7 Å². The van der Waals surface area contributed by atoms with Gasteiger partial charge in [-0.25, -0.2) is 4.39 Å². The average Bonchev–Trinajstić information content (AvgIpc) is 2.77. The number of halogens is 1. The number of nitrogens with one attached hydrogen (secondary N) is 2. The van der Waals surface area contributed by atoms with Crippen molar-refractivity contribution in [1.29, 1.82) is 0 Å². The van der Waals surface area contributed by atoms with Gasteiger partial charge >= 0.3 is 0 Å². The number of hydrogen-bond acceptors (Lipinski definition) is 3. The van der Waals surface area contributed by atoms with Crippen molar-refractivity contribution < 1.29 is 18.7 Å². The second-order valence-electron chi connectivity index (χ2n) is 6.41. The van der Waals surface area contributed by atoms with Gasteiger partial charge in [-0.1, -0.05) is 30.3 Å². The molecule has 0 radical (unpaired) electrons. The van der Waals surface area contributed by atoms with E-state index in [4.69, 9.17) is 4.74 Å². The van der Waals surface area contributed by atoms with Crippen molar-refractivity contribution in [2.75, 3.05) is 7.05 Å². The first kappa shape index (κ1) is 20.1. The lowest BCUT2D eigenvalue weighted by Crippen LogP contribution is -2.23. The highest BCUT2D eigenvalue weighted by Crippen LogP contribution is 2.16. The standard InChI is InChI=1S/C23H21FN2O3/c1-25-22(27)18-5-2-4-17(12-18)14-26-23(28)19-6-3-7-21(13-19)29-15-16-8-10-20(24)11-9-16/h2-13H,14-15H2,1H3,(H,25,27)(H,26,28). The molecule has 0 spiro atoms. The zero-order valence-electron chi connectivity index (χ0n) is 15.9. The van der Waals surface area contributed by atoms with Crippen molar-refractivity contribution in [3.63, 3.8) is 0 Å². The minimum atomic E-state index is -0.298. The van der Waals surface area contributed by atoms with Crippen LogP contribution >= 0.6 is 0 Å². The molecule has 0 bridgehead atoms. The molecule has 2 amide bonds. The van der Waals surface area contributed by atoms with Gasteiger partial charge in [0.05, 0.1) is 0 Å². The molecule has 3 aromatic rings. The van der Waals surface area contributed by atoms with E-state index in [-0.39, 0.29) is 24.2 Å². The maximum Gasteiger partial charge on any atom is 0.251 e. The number of carbonyl (C=O) groups excluding carboxylic acids is 2. The van der Waals surface area contributed by atoms with Crippen molar-refractivity contribution >= 4 is 11.8 Å². The molecule has 0 saturated heterocycles. The maximum absolute atomic E-state index is 13.0. The molecule has 6 heteroatoms. The zero-order valence-corrected chi connectivity index (χ0v) is 15.9. The predicted molar refractivity (Wildman–Crippen MR) is 108 cm³/mol. The molecule has 0 aliphatic heterocycles. The first-order valence-corrected chi connectivity index (χ1v) is 9.11. The summed E-state index contributed by atoms with van der Waals surface area (Å²) in [7, 11) is 1.57. The molecular weight excluding hydrogens is 371 g/mol. The second kappa shape index (κ2) is 9.50. The number of hydrogen-bond donors (Lipinski definition) is 2. The van der Waals surface area contributed by atoms with Gasteiger partial charge in [-0.2, -0.15) is 0 Å². The Morgan fingerprint density at radius 3 is 2.28 bits per heavy atom. The fraction of sp³-hybridized carbons (Fsp3) is 0.130. The molecule has 0 unspecified atom stereocenters. The molecule has 2 N–H and O–H groups in total. The van der Waals surface area contributed by atoms with Crippen molar-refractivity contribution in [1.82, 2.24) is 10.6 Å². The maximum atomic E-state index is 13.0. The van der Waals surface area contributed by atoms with E-state index in [0.717, 1.165) is 11.1 Å². The van der Waals surface area contributed by atoms with Crippen LogP contribution in [0.1, 0.15) is 31.8 Å². The van der Waals surface area contributed by atoms with Gasteiger partial charge in [-0.05, 0) is 53.6 Å². The normalized spacial score (nSPS) is 10.3. The van der Waals surface area contributed by atoms with E-state index in [1.165, 1.54) is 12.1 Å². The van der Waals surface area contributed by atoms with Gasteiger partial charge in [-0.3, -0.25) is 9.59 Å². The first-order chi connectivity index (χ1) is 14.0. The van der Waals surface area contributed by atoms with Crippen LogP contribution in [0.2, 0.25) is 0 Å². The summed E-state index contributed by atoms with van der Waals surface area (Å²) >= 11 is 0. The van der Waals surface area contributed by atoms with E-state index >= 15 is 0 Å². The van der Waals surface area contributed by atoms with Crippen LogP contribution in [-0.2, 0) is 13.2 Å². The molecule has 3 aromatic carbocycles. The summed E-state index contributed by atoms with van der Waals surface area (Å²) in [6, 6.07) is 20.0. The Morgan fingerprint density at radius 2 is 1.55 bits per heavy atom. The Morgan fingerprint density at radius 1 is 0.862 bits per heavy atom. The number of amides is 2. The summed E-state index contributed by atoms with van der Waals surface area (Å²) in [5, 5.41) is 5.41. The summed E-state index contributed by atoms with van der Waals surface area (Å²) in [6.07, 6.45) is 0. The number of carbonyl (C=O) groups is 2. The lowest BCUT2D eigenvalue weighted by Gasteiger charge is -2.10. The highest BCUT2D eigenvalue weighted by molar-refractivity contribution is 5.95. The van der Waals surface area contributed by atoms with Crippen LogP contribution in [0, 0.1) is 5.82 Å². The lowest BCUT2D eigenvalue weighted by atomic mass is 10.1. The predicted octanol–water partition coefficient (Wildman–Crippen LogP) is 3.69. The van der Waals surface area contributed by atoms with Gasteiger partial charge in [0.15, 0.2) is 0 Å². The van der Waals surface area contributed by atoms with Crippen LogP contribution in [0.25, 0.3) is 0 Å². The van der Waals surface area contributed by atoms with Gasteiger partial charge in [-0.15, -0.1) is 0 Å². The first-order valence-electron chi connectivity index (χ1n) is 9.11. The number of ether oxygens (including phenoxy) is 1. The Labute approximate surface area is 168 Å². The highest BCUT2D eigenvalue weighted by Gasteiger charge is 2.08. The van der Waals surface area contributed by atoms with E-state index in [1.807, 2.05) is 6.07 Å². The molecule has 0 heterocycles. The number of rotatable bonds is 7. The van der Waals surface area contributed by atoms with E-state index in [1.54, 1.807) is 61.6 Å². The molecule has 0 aliphatic carbocycles. The summed E-state index contributed by atoms with van der Waals surface area (Å²) in [5.41, 5.74) is 2.65. The zero-order chi connectivity index (χ0) is 20.6. The van der Waals surface area contributed by atoms with Crippen molar-refractivity contribution in [2.24, 2.45) is 0 Å². The molecule has 0 atom stereocenters. The van der Waals surface area contributed by atoms with Crippen LogP contribution in [0.3, 0.4) is 0 Å². The van der Waals surface area contributed by atoms with E-state index in [0.29, 0.717) is 23.4 Å². The van der Waals surface area contributed by atoms with Gasteiger partial charge in [0.1, 0.15) is 18.2 Å². The summed E-state index contributed by atoms with van der Waals surface area (Å²) in [6.45, 7) is 0.571. The molecule has 5 nitrogen and oxygen atoms in total. The molecular formula is C23H21FN2O3. The molecule has 29 heavy (non-hydrogen) atoms. The Bertz CT molecular complexity index is 1000. The third-order valence-electron chi connectivity index (χ3n) is 4.28. The molecule has 148 valence electrons. The largest absolute Gasteiger partial charge is 0.489 e. The van der Waals surface area contributed by atoms with Crippen LogP contribution in [0.15, 0.2) is 72.8 Å².